The van der Waals surface area contributed by atoms with Crippen molar-refractivity contribution >= 4 is 42.5 Å². The molecule has 0 rings (SSSR count). The number of hydrogen-bond donors (Lipinski definition) is 0. The molecule has 0 aliphatic rings. The predicted octanol–water partition coefficient (Wildman–Crippen LogP) is 3.56. The van der Waals surface area contributed by atoms with E-state index in [0.29, 0.717) is 10.4 Å². The van der Waals surface area contributed by atoms with Crippen molar-refractivity contribution in [2.45, 2.75) is 68.4 Å². The van der Waals surface area contributed by atoms with Crippen molar-refractivity contribution in [3.8, 4) is 0 Å². The van der Waals surface area contributed by atoms with Gasteiger partial charge in [-0.1, -0.05) is 0 Å². The Hall–Kier alpha value is -0.0216. The summed E-state index contributed by atoms with van der Waals surface area (Å²) in [6, 6.07) is 0. The van der Waals surface area contributed by atoms with Crippen molar-refractivity contribution in [3.05, 3.63) is 0 Å². The van der Waals surface area contributed by atoms with Crippen molar-refractivity contribution in [2.75, 3.05) is 5.33 Å². The van der Waals surface area contributed by atoms with Gasteiger partial charge in [-0.25, -0.2) is 0 Å². The molecule has 0 bridgehead atoms. The fraction of sp³-hybridized carbons (Fsp3) is 0.857. The van der Waals surface area contributed by atoms with Gasteiger partial charge >= 0.3 is 135 Å². The van der Waals surface area contributed by atoms with Crippen LogP contribution >= 0.6 is 15.9 Å². The van der Waals surface area contributed by atoms with E-state index >= 15 is 0 Å². The van der Waals surface area contributed by atoms with Gasteiger partial charge in [-0.2, -0.15) is 0 Å². The van der Waals surface area contributed by atoms with Gasteiger partial charge in [0.15, 0.2) is 0 Å². The third-order valence-electron chi connectivity index (χ3n) is 1.95. The van der Waals surface area contributed by atoms with E-state index in [4.69, 9.17) is 9.47 Å². The summed E-state index contributed by atoms with van der Waals surface area (Å²) in [5.74, 6) is -0.413. The monoisotopic (exact) mass is 412 g/mol. The Morgan fingerprint density at radius 3 is 1.50 bits per heavy atom. The normalized spacial score (nSPS) is 12.4. The van der Waals surface area contributed by atoms with Crippen molar-refractivity contribution in [2.24, 2.45) is 0 Å². The standard InChI is InChI=1S/C14H26AsBrO4/c1-13(2,3)19-11(17)9-15(7-8-16)10-12(18)20-14(4,5)6/h7-10H2,1-6H3. The molecule has 0 aromatic rings. The minimum absolute atomic E-state index is 0.206. The number of ether oxygens (including phenoxy) is 2. The SMILES string of the molecule is CC(C)(C)OC(=O)C[As](CCBr)CC(=O)OC(C)(C)C. The first-order valence-electron chi connectivity index (χ1n) is 6.65. The Bertz CT molecular complexity index is 301. The van der Waals surface area contributed by atoms with Gasteiger partial charge in [0.1, 0.15) is 0 Å². The zero-order valence-corrected chi connectivity index (χ0v) is 16.7. The molecular formula is C14H26AsBrO4. The van der Waals surface area contributed by atoms with E-state index in [1.54, 1.807) is 0 Å². The van der Waals surface area contributed by atoms with Crippen LogP contribution in [0.4, 0.5) is 0 Å². The van der Waals surface area contributed by atoms with Crippen LogP contribution in [0.5, 0.6) is 0 Å². The zero-order chi connectivity index (χ0) is 16.0. The topological polar surface area (TPSA) is 52.6 Å². The number of halogens is 1. The third-order valence-corrected chi connectivity index (χ3v) is 8.43. The average Bonchev–Trinajstić information content (AvgIpc) is 2.10. The number of hydrogen-bond acceptors (Lipinski definition) is 4. The van der Waals surface area contributed by atoms with Crippen molar-refractivity contribution in [3.63, 3.8) is 0 Å². The van der Waals surface area contributed by atoms with E-state index in [0.717, 1.165) is 10.5 Å². The molecular weight excluding hydrogens is 387 g/mol. The molecule has 0 aliphatic carbocycles. The molecule has 118 valence electrons. The molecule has 0 saturated carbocycles. The first-order chi connectivity index (χ1) is 8.93. The van der Waals surface area contributed by atoms with E-state index < -0.39 is 25.9 Å². The Balaban J connectivity index is 4.43. The average molecular weight is 413 g/mol. The molecule has 0 atom stereocenters. The Morgan fingerprint density at radius 2 is 1.25 bits per heavy atom. The summed E-state index contributed by atoms with van der Waals surface area (Å²) in [7, 11) is 0. The number of rotatable bonds is 6. The Morgan fingerprint density at radius 1 is 0.900 bits per heavy atom. The van der Waals surface area contributed by atoms with E-state index in [1.807, 2.05) is 41.5 Å². The van der Waals surface area contributed by atoms with Gasteiger partial charge in [0, 0.05) is 0 Å². The number of esters is 2. The minimum atomic E-state index is -1.60. The van der Waals surface area contributed by atoms with Gasteiger partial charge in [-0.05, 0) is 0 Å². The van der Waals surface area contributed by atoms with Crippen molar-refractivity contribution in [1.29, 1.82) is 0 Å². The molecule has 0 unspecified atom stereocenters. The predicted molar refractivity (Wildman–Crippen MR) is 85.7 cm³/mol. The quantitative estimate of drug-likeness (QED) is 0.380. The summed E-state index contributed by atoms with van der Waals surface area (Å²) in [5, 5.41) is 2.45. The molecule has 0 radical (unpaired) electrons. The van der Waals surface area contributed by atoms with Crippen LogP contribution in [-0.4, -0.2) is 43.1 Å². The fourth-order valence-electron chi connectivity index (χ4n) is 1.45. The molecule has 0 spiro atoms. The second-order valence-corrected chi connectivity index (χ2v) is 12.4. The molecule has 6 heteroatoms. The molecule has 0 N–H and O–H groups in total. The molecule has 0 saturated heterocycles. The Kier molecular flexibility index (Phi) is 8.42. The molecule has 0 fully saturated rings. The van der Waals surface area contributed by atoms with Crippen LogP contribution in [0.25, 0.3) is 0 Å². The van der Waals surface area contributed by atoms with Crippen LogP contribution in [0.3, 0.4) is 0 Å². The zero-order valence-electron chi connectivity index (χ0n) is 13.3. The first kappa shape index (κ1) is 20.0. The molecule has 0 amide bonds. The maximum absolute atomic E-state index is 11.9. The van der Waals surface area contributed by atoms with Crippen LogP contribution in [0.2, 0.25) is 15.6 Å². The van der Waals surface area contributed by atoms with Gasteiger partial charge in [0.05, 0.1) is 0 Å². The summed E-state index contributed by atoms with van der Waals surface area (Å²) >= 11 is 1.79. The van der Waals surface area contributed by atoms with Gasteiger partial charge in [-0.3, -0.25) is 0 Å². The first-order valence-corrected chi connectivity index (χ1v) is 11.8. The molecule has 4 nitrogen and oxygen atoms in total. The number of carbonyl (C=O) groups is 2. The summed E-state index contributed by atoms with van der Waals surface area (Å²) in [5.41, 5.74) is -0.949. The van der Waals surface area contributed by atoms with Gasteiger partial charge in [-0.15, -0.1) is 0 Å². The maximum atomic E-state index is 11.9. The van der Waals surface area contributed by atoms with Crippen LogP contribution in [0, 0.1) is 0 Å². The molecule has 20 heavy (non-hydrogen) atoms. The van der Waals surface area contributed by atoms with E-state index in [-0.39, 0.29) is 11.9 Å². The van der Waals surface area contributed by atoms with Crippen molar-refractivity contribution in [1.82, 2.24) is 0 Å². The molecule has 0 heterocycles. The number of carbonyl (C=O) groups excluding carboxylic acids is 2. The fourth-order valence-corrected chi connectivity index (χ4v) is 7.25. The molecule has 0 aliphatic heterocycles. The van der Waals surface area contributed by atoms with Gasteiger partial charge in [0.25, 0.3) is 0 Å². The van der Waals surface area contributed by atoms with E-state index in [9.17, 15) is 9.59 Å². The molecule has 0 aromatic carbocycles. The van der Waals surface area contributed by atoms with Crippen LogP contribution in [0.15, 0.2) is 0 Å². The van der Waals surface area contributed by atoms with E-state index in [2.05, 4.69) is 15.9 Å². The van der Waals surface area contributed by atoms with Gasteiger partial charge in [0.2, 0.25) is 0 Å². The third kappa shape index (κ3) is 11.8. The van der Waals surface area contributed by atoms with Crippen LogP contribution < -0.4 is 0 Å². The van der Waals surface area contributed by atoms with Crippen molar-refractivity contribution < 1.29 is 19.1 Å². The van der Waals surface area contributed by atoms with E-state index in [1.165, 1.54) is 0 Å². The van der Waals surface area contributed by atoms with Crippen LogP contribution in [-0.2, 0) is 19.1 Å². The molecule has 0 aromatic heterocycles. The second-order valence-electron chi connectivity index (χ2n) is 6.57. The Labute approximate surface area is 135 Å². The summed E-state index contributed by atoms with van der Waals surface area (Å²) in [6.07, 6.45) is 0. The van der Waals surface area contributed by atoms with Crippen LogP contribution in [0.1, 0.15) is 41.5 Å². The second kappa shape index (κ2) is 8.43. The van der Waals surface area contributed by atoms with Gasteiger partial charge < -0.3 is 0 Å². The number of alkyl halides is 1. The summed E-state index contributed by atoms with van der Waals surface area (Å²) in [6.45, 7) is 11.1. The summed E-state index contributed by atoms with van der Waals surface area (Å²) in [4.78, 5) is 23.7. The summed E-state index contributed by atoms with van der Waals surface area (Å²) < 4.78 is 10.7.